The first kappa shape index (κ1) is 19.5. The lowest BCUT2D eigenvalue weighted by atomic mass is 9.93. The standard InChI is InChI=1S/C20H21F3N4O2/c1-12-17(13-5-8-26(9-6-13)16(29)10-20(21,22)23)15-4-7-24-18(15)25-19(12)27(11-28)14-2-3-14/h4-5,7,11,14H,2-3,6,8-10H2,1H3,(H,24,25). The molecule has 1 N–H and O–H groups in total. The van der Waals surface area contributed by atoms with Crippen LogP contribution >= 0.6 is 0 Å². The summed E-state index contributed by atoms with van der Waals surface area (Å²) in [7, 11) is 0. The summed E-state index contributed by atoms with van der Waals surface area (Å²) in [5.41, 5.74) is 3.40. The predicted molar refractivity (Wildman–Crippen MR) is 102 cm³/mol. The van der Waals surface area contributed by atoms with Gasteiger partial charge < -0.3 is 9.88 Å². The molecule has 0 radical (unpaired) electrons. The quantitative estimate of drug-likeness (QED) is 0.772. The molecular formula is C20H21F3N4O2. The van der Waals surface area contributed by atoms with Gasteiger partial charge in [0.25, 0.3) is 0 Å². The molecule has 6 nitrogen and oxygen atoms in total. The van der Waals surface area contributed by atoms with Crippen molar-refractivity contribution in [3.63, 3.8) is 0 Å². The second-order valence-corrected chi connectivity index (χ2v) is 7.53. The molecule has 2 aromatic rings. The molecule has 2 aromatic heterocycles. The predicted octanol–water partition coefficient (Wildman–Crippen LogP) is 3.56. The van der Waals surface area contributed by atoms with E-state index in [4.69, 9.17) is 0 Å². The largest absolute Gasteiger partial charge is 0.397 e. The molecule has 0 bridgehead atoms. The van der Waals surface area contributed by atoms with Gasteiger partial charge in [0.2, 0.25) is 12.3 Å². The number of amides is 2. The van der Waals surface area contributed by atoms with Crippen molar-refractivity contribution in [1.29, 1.82) is 0 Å². The maximum absolute atomic E-state index is 12.5. The molecule has 1 aliphatic heterocycles. The molecular weight excluding hydrogens is 385 g/mol. The smallest absolute Gasteiger partial charge is 0.346 e. The lowest BCUT2D eigenvalue weighted by molar-refractivity contribution is -0.161. The van der Waals surface area contributed by atoms with Crippen LogP contribution in [0.2, 0.25) is 0 Å². The van der Waals surface area contributed by atoms with E-state index in [2.05, 4.69) is 9.97 Å². The minimum Gasteiger partial charge on any atom is -0.346 e. The zero-order valence-electron chi connectivity index (χ0n) is 15.9. The summed E-state index contributed by atoms with van der Waals surface area (Å²) in [6.07, 6.45) is 0.765. The van der Waals surface area contributed by atoms with Crippen LogP contribution in [-0.2, 0) is 9.59 Å². The number of aromatic nitrogens is 2. The second-order valence-electron chi connectivity index (χ2n) is 7.53. The molecule has 0 saturated heterocycles. The Morgan fingerprint density at radius 3 is 2.76 bits per heavy atom. The van der Waals surface area contributed by atoms with E-state index in [0.717, 1.165) is 41.3 Å². The van der Waals surface area contributed by atoms with E-state index in [9.17, 15) is 22.8 Å². The highest BCUT2D eigenvalue weighted by Crippen LogP contribution is 2.38. The molecule has 9 heteroatoms. The van der Waals surface area contributed by atoms with Crippen LogP contribution < -0.4 is 4.90 Å². The Morgan fingerprint density at radius 2 is 2.17 bits per heavy atom. The SMILES string of the molecule is Cc1c(N(C=O)C2CC2)nc2[nH]ccc2c1C1=CCN(C(=O)CC(F)(F)F)CC1. The van der Waals surface area contributed by atoms with Gasteiger partial charge in [-0.2, -0.15) is 13.2 Å². The van der Waals surface area contributed by atoms with E-state index in [1.807, 2.05) is 13.0 Å². The Morgan fingerprint density at radius 1 is 1.41 bits per heavy atom. The normalized spacial score (nSPS) is 17.4. The number of anilines is 1. The van der Waals surface area contributed by atoms with E-state index >= 15 is 0 Å². The van der Waals surface area contributed by atoms with Crippen molar-refractivity contribution in [1.82, 2.24) is 14.9 Å². The molecule has 0 spiro atoms. The highest BCUT2D eigenvalue weighted by atomic mass is 19.4. The molecule has 154 valence electrons. The third-order valence-electron chi connectivity index (χ3n) is 5.46. The number of hydrogen-bond donors (Lipinski definition) is 1. The Balaban J connectivity index is 1.67. The molecule has 0 atom stereocenters. The Hall–Kier alpha value is -2.84. The third-order valence-corrected chi connectivity index (χ3v) is 5.46. The maximum Gasteiger partial charge on any atom is 0.397 e. The van der Waals surface area contributed by atoms with Crippen LogP contribution in [0.1, 0.15) is 36.8 Å². The molecule has 0 unspecified atom stereocenters. The summed E-state index contributed by atoms with van der Waals surface area (Å²) in [5, 5.41) is 0.897. The number of alkyl halides is 3. The Labute approximate surface area is 165 Å². The van der Waals surface area contributed by atoms with Crippen molar-refractivity contribution in [3.8, 4) is 0 Å². The number of hydrogen-bond acceptors (Lipinski definition) is 3. The molecule has 1 saturated carbocycles. The molecule has 1 fully saturated rings. The first-order valence-electron chi connectivity index (χ1n) is 9.53. The third kappa shape index (κ3) is 3.86. The second kappa shape index (κ2) is 7.20. The van der Waals surface area contributed by atoms with Crippen LogP contribution in [0.5, 0.6) is 0 Å². The van der Waals surface area contributed by atoms with Gasteiger partial charge in [-0.3, -0.25) is 14.5 Å². The number of aromatic amines is 1. The molecule has 4 rings (SSSR count). The van der Waals surface area contributed by atoms with Gasteiger partial charge in [0.1, 0.15) is 17.9 Å². The zero-order valence-corrected chi connectivity index (χ0v) is 15.9. The van der Waals surface area contributed by atoms with Gasteiger partial charge in [-0.25, -0.2) is 4.98 Å². The molecule has 1 aliphatic carbocycles. The number of nitrogens with one attached hydrogen (secondary N) is 1. The summed E-state index contributed by atoms with van der Waals surface area (Å²) in [5.74, 6) is -0.309. The molecule has 3 heterocycles. The van der Waals surface area contributed by atoms with Gasteiger partial charge in [-0.1, -0.05) is 6.08 Å². The number of rotatable bonds is 5. The molecule has 29 heavy (non-hydrogen) atoms. The first-order chi connectivity index (χ1) is 13.8. The zero-order chi connectivity index (χ0) is 20.8. The van der Waals surface area contributed by atoms with Crippen molar-refractivity contribution in [2.75, 3.05) is 18.0 Å². The van der Waals surface area contributed by atoms with Crippen LogP contribution in [0.3, 0.4) is 0 Å². The molecule has 0 aromatic carbocycles. The van der Waals surface area contributed by atoms with Crippen molar-refractivity contribution < 1.29 is 22.8 Å². The maximum atomic E-state index is 12.5. The number of pyridine rings is 1. The number of H-pyrrole nitrogens is 1. The minimum absolute atomic E-state index is 0.132. The van der Waals surface area contributed by atoms with Gasteiger partial charge in [0, 0.05) is 36.3 Å². The number of fused-ring (bicyclic) bond motifs is 1. The Kier molecular flexibility index (Phi) is 4.84. The van der Waals surface area contributed by atoms with Crippen molar-refractivity contribution in [2.24, 2.45) is 0 Å². The number of carbonyl (C=O) groups is 2. The monoisotopic (exact) mass is 406 g/mol. The number of carbonyl (C=O) groups excluding carboxylic acids is 2. The lowest BCUT2D eigenvalue weighted by Crippen LogP contribution is -2.37. The van der Waals surface area contributed by atoms with Gasteiger partial charge in [0.05, 0.1) is 0 Å². The van der Waals surface area contributed by atoms with Crippen LogP contribution in [0.4, 0.5) is 19.0 Å². The fraction of sp³-hybridized carbons (Fsp3) is 0.450. The Bertz CT molecular complexity index is 992. The van der Waals surface area contributed by atoms with E-state index in [1.165, 1.54) is 4.90 Å². The van der Waals surface area contributed by atoms with Crippen LogP contribution in [0.25, 0.3) is 16.6 Å². The topological polar surface area (TPSA) is 69.3 Å². The van der Waals surface area contributed by atoms with Crippen molar-refractivity contribution >= 4 is 34.7 Å². The highest BCUT2D eigenvalue weighted by molar-refractivity contribution is 5.96. The van der Waals surface area contributed by atoms with Crippen molar-refractivity contribution in [2.45, 2.75) is 44.8 Å². The average molecular weight is 406 g/mol. The average Bonchev–Trinajstić information content (AvgIpc) is 3.39. The van der Waals surface area contributed by atoms with Gasteiger partial charge >= 0.3 is 6.18 Å². The van der Waals surface area contributed by atoms with E-state index < -0.39 is 18.5 Å². The first-order valence-corrected chi connectivity index (χ1v) is 9.53. The summed E-state index contributed by atoms with van der Waals surface area (Å²) in [4.78, 5) is 34.1. The minimum atomic E-state index is -4.50. The fourth-order valence-corrected chi connectivity index (χ4v) is 3.89. The number of halogens is 3. The van der Waals surface area contributed by atoms with Crippen LogP contribution in [0.15, 0.2) is 18.3 Å². The summed E-state index contributed by atoms with van der Waals surface area (Å²) in [6.45, 7) is 2.27. The van der Waals surface area contributed by atoms with E-state index in [-0.39, 0.29) is 19.1 Å². The van der Waals surface area contributed by atoms with Gasteiger partial charge in [-0.15, -0.1) is 0 Å². The summed E-state index contributed by atoms with van der Waals surface area (Å²) in [6, 6.07) is 2.06. The van der Waals surface area contributed by atoms with Crippen molar-refractivity contribution in [3.05, 3.63) is 29.5 Å². The van der Waals surface area contributed by atoms with E-state index in [0.29, 0.717) is 17.9 Å². The number of nitrogens with zero attached hydrogens (tertiary/aromatic N) is 3. The van der Waals surface area contributed by atoms with Crippen LogP contribution in [0, 0.1) is 6.92 Å². The van der Waals surface area contributed by atoms with E-state index in [1.54, 1.807) is 17.2 Å². The van der Waals surface area contributed by atoms with Gasteiger partial charge in [0.15, 0.2) is 0 Å². The summed E-state index contributed by atoms with van der Waals surface area (Å²) < 4.78 is 37.5. The highest BCUT2D eigenvalue weighted by Gasteiger charge is 2.35. The molecule has 2 amide bonds. The van der Waals surface area contributed by atoms with Crippen LogP contribution in [-0.4, -0.2) is 52.5 Å². The van der Waals surface area contributed by atoms with Gasteiger partial charge in [-0.05, 0) is 43.4 Å². The fourth-order valence-electron chi connectivity index (χ4n) is 3.89. The summed E-state index contributed by atoms with van der Waals surface area (Å²) >= 11 is 0. The molecule has 2 aliphatic rings. The lowest BCUT2D eigenvalue weighted by Gasteiger charge is -2.28.